The minimum atomic E-state index is -4.38. The van der Waals surface area contributed by atoms with Crippen molar-refractivity contribution in [3.8, 4) is 0 Å². The van der Waals surface area contributed by atoms with E-state index in [9.17, 15) is 22.4 Å². The lowest BCUT2D eigenvalue weighted by molar-refractivity contribution is -0.127. The van der Waals surface area contributed by atoms with Crippen molar-refractivity contribution in [3.63, 3.8) is 0 Å². The maximum absolute atomic E-state index is 13.3. The summed E-state index contributed by atoms with van der Waals surface area (Å²) in [5.74, 6) is -1.21. The minimum Gasteiger partial charge on any atom is -0.302 e. The van der Waals surface area contributed by atoms with Gasteiger partial charge in [-0.25, -0.2) is 4.39 Å². The molecule has 100 valence electrons. The molecule has 0 saturated heterocycles. The van der Waals surface area contributed by atoms with Crippen LogP contribution < -0.4 is 5.32 Å². The molecule has 0 aliphatic rings. The fourth-order valence-electron chi connectivity index (χ4n) is 1.30. The molecule has 7 heteroatoms. The first-order valence-corrected chi connectivity index (χ1v) is 5.39. The van der Waals surface area contributed by atoms with Crippen molar-refractivity contribution in [2.75, 3.05) is 13.1 Å². The number of Topliss-reactive ketones (excluding diaryl/α,β-unsaturated/α-hetero) is 1. The Morgan fingerprint density at radius 1 is 1.33 bits per heavy atom. The van der Waals surface area contributed by atoms with E-state index in [1.54, 1.807) is 0 Å². The number of ketones is 1. The quantitative estimate of drug-likeness (QED) is 0.842. The summed E-state index contributed by atoms with van der Waals surface area (Å²) < 4.78 is 48.7. The van der Waals surface area contributed by atoms with Crippen LogP contribution in [0.25, 0.3) is 0 Å². The Balaban J connectivity index is 2.50. The van der Waals surface area contributed by atoms with Crippen molar-refractivity contribution in [3.05, 3.63) is 34.6 Å². The van der Waals surface area contributed by atoms with Gasteiger partial charge in [0.2, 0.25) is 0 Å². The summed E-state index contributed by atoms with van der Waals surface area (Å²) in [6.45, 7) is -1.74. The lowest BCUT2D eigenvalue weighted by atomic mass is 10.1. The largest absolute Gasteiger partial charge is 0.401 e. The summed E-state index contributed by atoms with van der Waals surface area (Å²) in [7, 11) is 0. The molecule has 0 unspecified atom stereocenters. The second kappa shape index (κ2) is 6.15. The molecule has 0 radical (unpaired) electrons. The van der Waals surface area contributed by atoms with Crippen LogP contribution in [0.1, 0.15) is 5.56 Å². The molecule has 0 heterocycles. The first-order chi connectivity index (χ1) is 8.29. The van der Waals surface area contributed by atoms with Crippen LogP contribution in [0.3, 0.4) is 0 Å². The van der Waals surface area contributed by atoms with Crippen LogP contribution in [0, 0.1) is 5.82 Å². The highest BCUT2D eigenvalue weighted by molar-refractivity contribution is 6.31. The van der Waals surface area contributed by atoms with E-state index in [1.807, 2.05) is 5.32 Å². The van der Waals surface area contributed by atoms with Gasteiger partial charge in [-0.2, -0.15) is 13.2 Å². The maximum atomic E-state index is 13.3. The van der Waals surface area contributed by atoms with Crippen molar-refractivity contribution in [2.24, 2.45) is 0 Å². The molecule has 0 fully saturated rings. The molecule has 0 bridgehead atoms. The third-order valence-corrected chi connectivity index (χ3v) is 2.44. The molecule has 0 aliphatic carbocycles. The standard InChI is InChI=1S/C11H10ClF4NO/c12-9-2-1-3-10(13)8(9)4-7(18)5-17-6-11(14,15)16/h1-3,17H,4-6H2. The molecule has 0 amide bonds. The lowest BCUT2D eigenvalue weighted by Crippen LogP contribution is -2.33. The molecule has 0 saturated carbocycles. The van der Waals surface area contributed by atoms with Crippen molar-refractivity contribution >= 4 is 17.4 Å². The fourth-order valence-corrected chi connectivity index (χ4v) is 1.53. The van der Waals surface area contributed by atoms with Gasteiger partial charge in [0.25, 0.3) is 0 Å². The fraction of sp³-hybridized carbons (Fsp3) is 0.364. The van der Waals surface area contributed by atoms with E-state index < -0.39 is 30.9 Å². The predicted molar refractivity (Wildman–Crippen MR) is 59.0 cm³/mol. The number of hydrogen-bond donors (Lipinski definition) is 1. The first-order valence-electron chi connectivity index (χ1n) is 5.01. The third-order valence-electron chi connectivity index (χ3n) is 2.08. The summed E-state index contributed by atoms with van der Waals surface area (Å²) in [5, 5.41) is 2.03. The Morgan fingerprint density at radius 3 is 2.56 bits per heavy atom. The van der Waals surface area contributed by atoms with Gasteiger partial charge in [-0.15, -0.1) is 0 Å². The number of alkyl halides is 3. The number of carbonyl (C=O) groups is 1. The Kier molecular flexibility index (Phi) is 5.10. The van der Waals surface area contributed by atoms with Crippen LogP contribution in [0.2, 0.25) is 5.02 Å². The van der Waals surface area contributed by atoms with Crippen molar-refractivity contribution in [1.82, 2.24) is 5.32 Å². The molecule has 1 aromatic rings. The highest BCUT2D eigenvalue weighted by atomic mass is 35.5. The second-order valence-corrected chi connectivity index (χ2v) is 4.04. The number of rotatable bonds is 5. The van der Waals surface area contributed by atoms with Gasteiger partial charge in [-0.05, 0) is 12.1 Å². The molecule has 1 rings (SSSR count). The highest BCUT2D eigenvalue weighted by Gasteiger charge is 2.26. The molecule has 0 atom stereocenters. The molecule has 1 aromatic carbocycles. The normalized spacial score (nSPS) is 11.6. The Labute approximate surface area is 106 Å². The van der Waals surface area contributed by atoms with Gasteiger partial charge in [0, 0.05) is 17.0 Å². The van der Waals surface area contributed by atoms with Crippen molar-refractivity contribution in [1.29, 1.82) is 0 Å². The lowest BCUT2D eigenvalue weighted by Gasteiger charge is -2.08. The van der Waals surface area contributed by atoms with Crippen LogP contribution in [0.5, 0.6) is 0 Å². The van der Waals surface area contributed by atoms with Gasteiger partial charge in [0.05, 0.1) is 13.1 Å². The number of benzene rings is 1. The minimum absolute atomic E-state index is 0.00187. The SMILES string of the molecule is O=C(CNCC(F)(F)F)Cc1c(F)cccc1Cl. The predicted octanol–water partition coefficient (Wildman–Crippen LogP) is 2.74. The monoisotopic (exact) mass is 283 g/mol. The van der Waals surface area contributed by atoms with Crippen molar-refractivity contribution in [2.45, 2.75) is 12.6 Å². The molecular formula is C11H10ClF4NO. The van der Waals surface area contributed by atoms with Crippen LogP contribution >= 0.6 is 11.6 Å². The van der Waals surface area contributed by atoms with Gasteiger partial charge >= 0.3 is 6.18 Å². The van der Waals surface area contributed by atoms with E-state index in [0.29, 0.717) is 0 Å². The summed E-state index contributed by atoms with van der Waals surface area (Å²) in [6.07, 6.45) is -4.72. The molecule has 0 spiro atoms. The van der Waals surface area contributed by atoms with E-state index in [1.165, 1.54) is 12.1 Å². The smallest absolute Gasteiger partial charge is 0.302 e. The van der Waals surface area contributed by atoms with E-state index in [2.05, 4.69) is 0 Å². The highest BCUT2D eigenvalue weighted by Crippen LogP contribution is 2.19. The van der Waals surface area contributed by atoms with E-state index >= 15 is 0 Å². The topological polar surface area (TPSA) is 29.1 Å². The summed E-state index contributed by atoms with van der Waals surface area (Å²) in [5.41, 5.74) is -0.00187. The van der Waals surface area contributed by atoms with Gasteiger partial charge in [-0.1, -0.05) is 17.7 Å². The summed E-state index contributed by atoms with van der Waals surface area (Å²) in [6, 6.07) is 3.93. The molecule has 0 aliphatic heterocycles. The van der Waals surface area contributed by atoms with E-state index in [4.69, 9.17) is 11.6 Å². The van der Waals surface area contributed by atoms with Crippen molar-refractivity contribution < 1.29 is 22.4 Å². The molecule has 2 nitrogen and oxygen atoms in total. The Hall–Kier alpha value is -1.14. The zero-order valence-corrected chi connectivity index (χ0v) is 9.91. The van der Waals surface area contributed by atoms with E-state index in [-0.39, 0.29) is 17.0 Å². The zero-order chi connectivity index (χ0) is 13.8. The number of carbonyl (C=O) groups excluding carboxylic acids is 1. The average molecular weight is 284 g/mol. The Morgan fingerprint density at radius 2 is 2.00 bits per heavy atom. The molecule has 1 N–H and O–H groups in total. The maximum Gasteiger partial charge on any atom is 0.401 e. The van der Waals surface area contributed by atoms with Crippen LogP contribution in [-0.2, 0) is 11.2 Å². The van der Waals surface area contributed by atoms with Crippen LogP contribution in [0.15, 0.2) is 18.2 Å². The molecule has 0 aromatic heterocycles. The van der Waals surface area contributed by atoms with Gasteiger partial charge < -0.3 is 5.32 Å². The third kappa shape index (κ3) is 5.01. The van der Waals surface area contributed by atoms with Gasteiger partial charge in [0.1, 0.15) is 5.82 Å². The van der Waals surface area contributed by atoms with Gasteiger partial charge in [-0.3, -0.25) is 4.79 Å². The van der Waals surface area contributed by atoms with Crippen LogP contribution in [0.4, 0.5) is 17.6 Å². The first kappa shape index (κ1) is 14.9. The second-order valence-electron chi connectivity index (χ2n) is 3.63. The molecular weight excluding hydrogens is 274 g/mol. The van der Waals surface area contributed by atoms with Gasteiger partial charge in [0.15, 0.2) is 5.78 Å². The van der Waals surface area contributed by atoms with Crippen LogP contribution in [-0.4, -0.2) is 25.0 Å². The summed E-state index contributed by atoms with van der Waals surface area (Å²) >= 11 is 5.69. The number of nitrogens with one attached hydrogen (secondary N) is 1. The Bertz CT molecular complexity index is 413. The number of hydrogen-bond acceptors (Lipinski definition) is 2. The molecule has 18 heavy (non-hydrogen) atoms. The summed E-state index contributed by atoms with van der Waals surface area (Å²) in [4.78, 5) is 11.3. The number of halogens is 5. The zero-order valence-electron chi connectivity index (χ0n) is 9.15. The average Bonchev–Trinajstić information content (AvgIpc) is 2.22. The van der Waals surface area contributed by atoms with E-state index in [0.717, 1.165) is 6.07 Å².